The molecule has 5 nitrogen and oxygen atoms in total. The zero-order valence-corrected chi connectivity index (χ0v) is 18.1. The van der Waals surface area contributed by atoms with Crippen LogP contribution in [0, 0.1) is 18.2 Å². The van der Waals surface area contributed by atoms with Gasteiger partial charge in [0.25, 0.3) is 0 Å². The van der Waals surface area contributed by atoms with Crippen molar-refractivity contribution in [1.29, 1.82) is 0 Å². The van der Waals surface area contributed by atoms with Crippen molar-refractivity contribution < 1.29 is 13.9 Å². The third-order valence-electron chi connectivity index (χ3n) is 5.92. The Morgan fingerprint density at radius 2 is 2.00 bits per heavy atom. The summed E-state index contributed by atoms with van der Waals surface area (Å²) in [5, 5.41) is 1.92. The van der Waals surface area contributed by atoms with Crippen molar-refractivity contribution in [2.45, 2.75) is 53.1 Å². The second-order valence-electron chi connectivity index (χ2n) is 7.44. The Morgan fingerprint density at radius 3 is 2.63 bits per heavy atom. The molecule has 0 bridgehead atoms. The molecule has 2 aliphatic heterocycles. The first-order valence-electron chi connectivity index (χ1n) is 10.6. The molecule has 4 rings (SSSR count). The number of hydrogen-bond donors (Lipinski definition) is 1. The number of cyclic esters (lactones) is 1. The molecule has 160 valence electrons. The topological polar surface area (TPSA) is 54.5 Å². The molecule has 0 spiro atoms. The van der Waals surface area contributed by atoms with E-state index in [4.69, 9.17) is 4.74 Å². The summed E-state index contributed by atoms with van der Waals surface area (Å²) >= 11 is 0. The molecule has 1 aromatic carbocycles. The molecule has 0 radical (unpaired) electrons. The summed E-state index contributed by atoms with van der Waals surface area (Å²) in [7, 11) is 0. The number of aromatic nitrogens is 1. The normalized spacial score (nSPS) is 23.4. The van der Waals surface area contributed by atoms with Crippen molar-refractivity contribution in [3.05, 3.63) is 71.4 Å². The Hall–Kier alpha value is -2.73. The van der Waals surface area contributed by atoms with Crippen LogP contribution in [0.1, 0.15) is 57.3 Å². The van der Waals surface area contributed by atoms with Crippen LogP contribution in [0.25, 0.3) is 0 Å². The van der Waals surface area contributed by atoms with Crippen LogP contribution >= 0.6 is 0 Å². The number of hydrogen-bond acceptors (Lipinski definition) is 5. The summed E-state index contributed by atoms with van der Waals surface area (Å²) < 4.78 is 19.8. The molecule has 2 aromatic rings. The van der Waals surface area contributed by atoms with Gasteiger partial charge in [0.15, 0.2) is 0 Å². The fourth-order valence-corrected chi connectivity index (χ4v) is 4.05. The lowest BCUT2D eigenvalue weighted by atomic mass is 9.72. The van der Waals surface area contributed by atoms with Crippen molar-refractivity contribution in [2.24, 2.45) is 5.41 Å². The highest BCUT2D eigenvalue weighted by atomic mass is 19.1. The van der Waals surface area contributed by atoms with Gasteiger partial charge in [0, 0.05) is 25.1 Å². The van der Waals surface area contributed by atoms with Crippen LogP contribution in [0.5, 0.6) is 0 Å². The number of carbonyl (C=O) groups excluding carboxylic acids is 1. The summed E-state index contributed by atoms with van der Waals surface area (Å²) in [5.74, 6) is -0.492. The Balaban J connectivity index is 0.00000124. The minimum Gasteiger partial charge on any atom is -0.457 e. The van der Waals surface area contributed by atoms with E-state index in [9.17, 15) is 9.18 Å². The molecule has 1 N–H and O–H groups in total. The molecule has 3 heterocycles. The first-order valence-corrected chi connectivity index (χ1v) is 10.6. The first-order chi connectivity index (χ1) is 14.5. The van der Waals surface area contributed by atoms with Gasteiger partial charge in [-0.2, -0.15) is 0 Å². The highest BCUT2D eigenvalue weighted by molar-refractivity contribution is 5.82. The average molecular weight is 412 g/mol. The van der Waals surface area contributed by atoms with Crippen LogP contribution in [0.4, 0.5) is 10.1 Å². The number of ether oxygens (including phenoxy) is 1. The average Bonchev–Trinajstić information content (AvgIpc) is 3.28. The molecule has 1 fully saturated rings. The van der Waals surface area contributed by atoms with Gasteiger partial charge >= 0.3 is 5.97 Å². The minimum atomic E-state index is -0.644. The van der Waals surface area contributed by atoms with Crippen LogP contribution in [-0.4, -0.2) is 17.5 Å². The fraction of sp³-hybridized carbons (Fsp3) is 0.417. The van der Waals surface area contributed by atoms with E-state index in [0.29, 0.717) is 31.4 Å². The van der Waals surface area contributed by atoms with Gasteiger partial charge in [-0.3, -0.25) is 14.8 Å². The number of hydrazine groups is 1. The number of nitrogens with one attached hydrogen (secondary N) is 1. The van der Waals surface area contributed by atoms with Gasteiger partial charge in [0.2, 0.25) is 0 Å². The summed E-state index contributed by atoms with van der Waals surface area (Å²) in [6.45, 7) is 8.33. The minimum absolute atomic E-state index is 0.225. The van der Waals surface area contributed by atoms with E-state index in [1.54, 1.807) is 25.4 Å². The molecule has 0 amide bonds. The van der Waals surface area contributed by atoms with E-state index in [2.05, 4.69) is 10.4 Å². The summed E-state index contributed by atoms with van der Waals surface area (Å²) in [4.78, 5) is 17.1. The Labute approximate surface area is 177 Å². The maximum absolute atomic E-state index is 13.9. The first kappa shape index (κ1) is 22.0. The predicted octanol–water partition coefficient (Wildman–Crippen LogP) is 5.24. The van der Waals surface area contributed by atoms with Gasteiger partial charge in [-0.1, -0.05) is 32.9 Å². The summed E-state index contributed by atoms with van der Waals surface area (Å²) in [6.07, 6.45) is 7.09. The molecule has 30 heavy (non-hydrogen) atoms. The van der Waals surface area contributed by atoms with Crippen molar-refractivity contribution in [3.63, 3.8) is 0 Å². The predicted molar refractivity (Wildman–Crippen MR) is 116 cm³/mol. The fourth-order valence-electron chi connectivity index (χ4n) is 4.05. The Morgan fingerprint density at radius 1 is 1.27 bits per heavy atom. The quantitative estimate of drug-likeness (QED) is 0.698. The van der Waals surface area contributed by atoms with Crippen molar-refractivity contribution in [2.75, 3.05) is 11.6 Å². The maximum atomic E-state index is 13.9. The van der Waals surface area contributed by atoms with Gasteiger partial charge in [-0.05, 0) is 61.1 Å². The highest BCUT2D eigenvalue weighted by Gasteiger charge is 2.47. The van der Waals surface area contributed by atoms with Crippen molar-refractivity contribution in [3.8, 4) is 0 Å². The third kappa shape index (κ3) is 4.10. The molecular formula is C24H30FN3O2. The number of carbonyl (C=O) groups is 1. The zero-order valence-electron chi connectivity index (χ0n) is 18.1. The number of anilines is 1. The second kappa shape index (κ2) is 9.39. The molecule has 0 aliphatic carbocycles. The van der Waals surface area contributed by atoms with Gasteiger partial charge in [0.05, 0.1) is 11.1 Å². The van der Waals surface area contributed by atoms with E-state index in [1.165, 1.54) is 6.07 Å². The number of pyridine rings is 1. The van der Waals surface area contributed by atoms with Crippen LogP contribution in [0.2, 0.25) is 0 Å². The SMILES string of the molecule is CC.CCC1(C2=CN(c3ccncc3)NC2)CCC(c2ccc(C)c(F)c2)OC1=O. The van der Waals surface area contributed by atoms with Crippen LogP contribution in [0.15, 0.2) is 54.5 Å². The summed E-state index contributed by atoms with van der Waals surface area (Å²) in [6, 6.07) is 8.87. The van der Waals surface area contributed by atoms with E-state index in [-0.39, 0.29) is 11.8 Å². The lowest BCUT2D eigenvalue weighted by molar-refractivity contribution is -0.168. The van der Waals surface area contributed by atoms with Crippen LogP contribution < -0.4 is 10.4 Å². The van der Waals surface area contributed by atoms with E-state index < -0.39 is 11.5 Å². The lowest BCUT2D eigenvalue weighted by Gasteiger charge is -2.38. The van der Waals surface area contributed by atoms with Crippen molar-refractivity contribution in [1.82, 2.24) is 10.4 Å². The molecule has 1 saturated heterocycles. The monoisotopic (exact) mass is 411 g/mol. The maximum Gasteiger partial charge on any atom is 0.316 e. The highest BCUT2D eigenvalue weighted by Crippen LogP contribution is 2.46. The van der Waals surface area contributed by atoms with Gasteiger partial charge in [0.1, 0.15) is 11.9 Å². The summed E-state index contributed by atoms with van der Waals surface area (Å²) in [5.41, 5.74) is 5.96. The molecule has 2 aliphatic rings. The molecule has 1 aromatic heterocycles. The molecular weight excluding hydrogens is 381 g/mol. The Bertz CT molecular complexity index is 916. The number of benzene rings is 1. The van der Waals surface area contributed by atoms with Crippen LogP contribution in [-0.2, 0) is 9.53 Å². The number of nitrogens with zero attached hydrogens (tertiary/aromatic N) is 2. The number of rotatable bonds is 4. The van der Waals surface area contributed by atoms with Gasteiger partial charge in [-0.15, -0.1) is 0 Å². The molecule has 2 unspecified atom stereocenters. The number of halogens is 1. The standard InChI is InChI=1S/C22H24FN3O2.C2H6/c1-3-22(17-13-25-26(14-17)18-7-10-24-11-8-18)9-6-20(28-21(22)27)16-5-4-15(2)19(23)12-16;1-2/h4-5,7-8,10-12,14,20,25H,3,6,9,13H2,1-2H3;1-2H3. The van der Waals surface area contributed by atoms with E-state index >= 15 is 0 Å². The van der Waals surface area contributed by atoms with Crippen LogP contribution in [0.3, 0.4) is 0 Å². The van der Waals surface area contributed by atoms with E-state index in [1.807, 2.05) is 50.2 Å². The van der Waals surface area contributed by atoms with Gasteiger partial charge in [-0.25, -0.2) is 9.82 Å². The number of esters is 1. The zero-order chi connectivity index (χ0) is 21.7. The third-order valence-corrected chi connectivity index (χ3v) is 5.92. The molecule has 6 heteroatoms. The largest absolute Gasteiger partial charge is 0.457 e. The molecule has 2 atom stereocenters. The van der Waals surface area contributed by atoms with Gasteiger partial charge < -0.3 is 4.74 Å². The number of aryl methyl sites for hydroxylation is 1. The second-order valence-corrected chi connectivity index (χ2v) is 7.44. The lowest BCUT2D eigenvalue weighted by Crippen LogP contribution is -2.41. The Kier molecular flexibility index (Phi) is 6.87. The smallest absolute Gasteiger partial charge is 0.316 e. The molecule has 0 saturated carbocycles. The van der Waals surface area contributed by atoms with E-state index in [0.717, 1.165) is 16.8 Å². The van der Waals surface area contributed by atoms with Crippen molar-refractivity contribution >= 4 is 11.7 Å².